The zero-order valence-electron chi connectivity index (χ0n) is 16.9. The Balaban J connectivity index is 1.81. The molecule has 0 saturated heterocycles. The average Bonchev–Trinajstić information content (AvgIpc) is 2.78. The second-order valence-corrected chi connectivity index (χ2v) is 8.74. The van der Waals surface area contributed by atoms with Crippen molar-refractivity contribution in [1.29, 1.82) is 0 Å². The molecule has 7 heteroatoms. The van der Waals surface area contributed by atoms with Gasteiger partial charge in [-0.05, 0) is 55.3 Å². The van der Waals surface area contributed by atoms with E-state index in [2.05, 4.69) is 15.0 Å². The number of carbonyl (C=O) groups is 1. The molecule has 0 saturated carbocycles. The highest BCUT2D eigenvalue weighted by Gasteiger charge is 2.20. The van der Waals surface area contributed by atoms with Crippen LogP contribution in [0.3, 0.4) is 0 Å². The van der Waals surface area contributed by atoms with Gasteiger partial charge in [-0.3, -0.25) is 9.78 Å². The maximum absolute atomic E-state index is 12.9. The summed E-state index contributed by atoms with van der Waals surface area (Å²) >= 11 is 0. The van der Waals surface area contributed by atoms with Crippen molar-refractivity contribution in [2.45, 2.75) is 37.2 Å². The number of hydrogen-bond donors (Lipinski definition) is 2. The third-order valence-corrected chi connectivity index (χ3v) is 6.39. The number of nitrogens with zero attached hydrogens (tertiary/aromatic N) is 1. The molecule has 2 N–H and O–H groups in total. The predicted octanol–water partition coefficient (Wildman–Crippen LogP) is 3.68. The summed E-state index contributed by atoms with van der Waals surface area (Å²) in [5.41, 5.74) is 1.99. The van der Waals surface area contributed by atoms with Crippen molar-refractivity contribution in [2.24, 2.45) is 0 Å². The minimum Gasteiger partial charge on any atom is -0.340 e. The van der Waals surface area contributed by atoms with Crippen LogP contribution < -0.4 is 10.0 Å². The summed E-state index contributed by atoms with van der Waals surface area (Å²) < 4.78 is 27.4. The first-order valence-corrected chi connectivity index (χ1v) is 11.3. The van der Waals surface area contributed by atoms with Gasteiger partial charge in [-0.25, -0.2) is 13.1 Å². The van der Waals surface area contributed by atoms with Gasteiger partial charge in [0.15, 0.2) is 0 Å². The Kier molecular flexibility index (Phi) is 6.97. The lowest BCUT2D eigenvalue weighted by molar-refractivity contribution is 0.0942. The van der Waals surface area contributed by atoms with Gasteiger partial charge in [-0.2, -0.15) is 0 Å². The van der Waals surface area contributed by atoms with E-state index in [-0.39, 0.29) is 16.8 Å². The molecule has 1 amide bonds. The number of amides is 1. The van der Waals surface area contributed by atoms with Gasteiger partial charge in [0.25, 0.3) is 5.91 Å². The lowest BCUT2D eigenvalue weighted by Gasteiger charge is -2.19. The van der Waals surface area contributed by atoms with Gasteiger partial charge < -0.3 is 5.32 Å². The molecule has 0 aliphatic rings. The Hall–Kier alpha value is -3.03. The molecule has 0 spiro atoms. The molecule has 30 heavy (non-hydrogen) atoms. The first-order chi connectivity index (χ1) is 14.4. The predicted molar refractivity (Wildman–Crippen MR) is 117 cm³/mol. The third kappa shape index (κ3) is 5.31. The molecule has 2 aromatic carbocycles. The second kappa shape index (κ2) is 9.65. The van der Waals surface area contributed by atoms with Crippen molar-refractivity contribution in [3.63, 3.8) is 0 Å². The summed E-state index contributed by atoms with van der Waals surface area (Å²) in [6, 6.07) is 20.4. The fourth-order valence-electron chi connectivity index (χ4n) is 2.94. The Morgan fingerprint density at radius 2 is 1.63 bits per heavy atom. The summed E-state index contributed by atoms with van der Waals surface area (Å²) in [4.78, 5) is 17.4. The van der Waals surface area contributed by atoms with E-state index in [9.17, 15) is 13.2 Å². The lowest BCUT2D eigenvalue weighted by atomic mass is 10.0. The highest BCUT2D eigenvalue weighted by atomic mass is 32.2. The molecule has 2 unspecified atom stereocenters. The van der Waals surface area contributed by atoms with Crippen LogP contribution in [0.25, 0.3) is 0 Å². The van der Waals surface area contributed by atoms with Crippen LogP contribution in [0, 0.1) is 0 Å². The first-order valence-electron chi connectivity index (χ1n) is 9.80. The highest BCUT2D eigenvalue weighted by molar-refractivity contribution is 7.89. The number of hydrogen-bond acceptors (Lipinski definition) is 4. The van der Waals surface area contributed by atoms with Crippen LogP contribution in [-0.2, 0) is 10.0 Å². The largest absolute Gasteiger partial charge is 0.340 e. The molecule has 1 aromatic heterocycles. The molecular formula is C23H25N3O3S. The third-order valence-electron chi connectivity index (χ3n) is 4.79. The maximum Gasteiger partial charge on any atom is 0.252 e. The van der Waals surface area contributed by atoms with Crippen LogP contribution in [0.1, 0.15) is 47.9 Å². The fraction of sp³-hybridized carbons (Fsp3) is 0.217. The van der Waals surface area contributed by atoms with Gasteiger partial charge in [-0.1, -0.05) is 43.3 Å². The number of sulfonamides is 1. The van der Waals surface area contributed by atoms with Crippen molar-refractivity contribution >= 4 is 15.9 Å². The minimum absolute atomic E-state index is 0.128. The van der Waals surface area contributed by atoms with E-state index in [1.165, 1.54) is 24.3 Å². The van der Waals surface area contributed by atoms with Gasteiger partial charge in [0.2, 0.25) is 10.0 Å². The lowest BCUT2D eigenvalue weighted by Crippen LogP contribution is -2.32. The van der Waals surface area contributed by atoms with Gasteiger partial charge in [0, 0.05) is 17.8 Å². The molecule has 0 fully saturated rings. The SMILES string of the molecule is CCC(C)NS(=O)(=O)c1ccc(C(=O)NC(c2ccccc2)c2ccccn2)cc1. The van der Waals surface area contributed by atoms with E-state index < -0.39 is 16.1 Å². The van der Waals surface area contributed by atoms with Crippen LogP contribution in [0.15, 0.2) is 83.9 Å². The zero-order valence-corrected chi connectivity index (χ0v) is 17.8. The van der Waals surface area contributed by atoms with E-state index in [0.717, 1.165) is 5.56 Å². The Morgan fingerprint density at radius 3 is 2.23 bits per heavy atom. The summed E-state index contributed by atoms with van der Waals surface area (Å²) in [6.07, 6.45) is 2.37. The number of carbonyl (C=O) groups excluding carboxylic acids is 1. The van der Waals surface area contributed by atoms with E-state index >= 15 is 0 Å². The molecule has 156 valence electrons. The fourth-order valence-corrected chi connectivity index (χ4v) is 4.26. The quantitative estimate of drug-likeness (QED) is 0.579. The zero-order chi connectivity index (χ0) is 21.6. The molecule has 2 atom stereocenters. The van der Waals surface area contributed by atoms with Gasteiger partial charge >= 0.3 is 0 Å². The number of benzene rings is 2. The van der Waals surface area contributed by atoms with Crippen molar-refractivity contribution in [1.82, 2.24) is 15.0 Å². The molecule has 0 aliphatic heterocycles. The number of pyridine rings is 1. The maximum atomic E-state index is 12.9. The van der Waals surface area contributed by atoms with Crippen LogP contribution in [0.4, 0.5) is 0 Å². The first kappa shape index (κ1) is 21.7. The minimum atomic E-state index is -3.61. The van der Waals surface area contributed by atoms with E-state index in [0.29, 0.717) is 17.7 Å². The molecule has 0 radical (unpaired) electrons. The van der Waals surface area contributed by atoms with Crippen LogP contribution >= 0.6 is 0 Å². The molecule has 3 aromatic rings. The highest BCUT2D eigenvalue weighted by Crippen LogP contribution is 2.21. The summed E-state index contributed by atoms with van der Waals surface area (Å²) in [5.74, 6) is -0.312. The smallest absolute Gasteiger partial charge is 0.252 e. The topological polar surface area (TPSA) is 88.2 Å². The summed E-state index contributed by atoms with van der Waals surface area (Å²) in [5, 5.41) is 3.00. The average molecular weight is 424 g/mol. The molecule has 0 aliphatic carbocycles. The Labute approximate surface area is 177 Å². The van der Waals surface area contributed by atoms with Crippen molar-refractivity contribution < 1.29 is 13.2 Å². The monoisotopic (exact) mass is 423 g/mol. The molecule has 6 nitrogen and oxygen atoms in total. The van der Waals surface area contributed by atoms with Crippen molar-refractivity contribution in [3.8, 4) is 0 Å². The number of nitrogens with one attached hydrogen (secondary N) is 2. The van der Waals surface area contributed by atoms with E-state index in [1.54, 1.807) is 13.1 Å². The van der Waals surface area contributed by atoms with Gasteiger partial charge in [-0.15, -0.1) is 0 Å². The summed E-state index contributed by atoms with van der Waals surface area (Å²) in [6.45, 7) is 3.71. The molecular weight excluding hydrogens is 398 g/mol. The molecule has 1 heterocycles. The van der Waals surface area contributed by atoms with Crippen LogP contribution in [-0.4, -0.2) is 25.4 Å². The Morgan fingerprint density at radius 1 is 0.967 bits per heavy atom. The van der Waals surface area contributed by atoms with Gasteiger partial charge in [0.05, 0.1) is 16.6 Å². The number of rotatable bonds is 8. The molecule has 0 bridgehead atoms. The normalized spacial score (nSPS) is 13.4. The Bertz CT molecular complexity index is 1030. The van der Waals surface area contributed by atoms with Gasteiger partial charge in [0.1, 0.15) is 0 Å². The standard InChI is InChI=1S/C23H25N3O3S/c1-3-17(2)26-30(28,29)20-14-12-19(13-15-20)23(27)25-22(18-9-5-4-6-10-18)21-11-7-8-16-24-21/h4-17,22,26H,3H2,1-2H3,(H,25,27). The molecule has 3 rings (SSSR count). The van der Waals surface area contributed by atoms with E-state index in [1.807, 2.05) is 55.5 Å². The van der Waals surface area contributed by atoms with Crippen molar-refractivity contribution in [2.75, 3.05) is 0 Å². The van der Waals surface area contributed by atoms with Crippen LogP contribution in [0.2, 0.25) is 0 Å². The second-order valence-electron chi connectivity index (χ2n) is 7.03. The summed E-state index contributed by atoms with van der Waals surface area (Å²) in [7, 11) is -3.61. The van der Waals surface area contributed by atoms with Crippen LogP contribution in [0.5, 0.6) is 0 Å². The number of aromatic nitrogens is 1. The van der Waals surface area contributed by atoms with E-state index in [4.69, 9.17) is 0 Å². The van der Waals surface area contributed by atoms with Crippen molar-refractivity contribution in [3.05, 3.63) is 95.8 Å².